The monoisotopic (exact) mass is 496 g/mol. The number of benzene rings is 2. The van der Waals surface area contributed by atoms with E-state index in [0.29, 0.717) is 40.2 Å². The van der Waals surface area contributed by atoms with Gasteiger partial charge in [0.1, 0.15) is 11.6 Å². The fourth-order valence-corrected chi connectivity index (χ4v) is 4.05. The molecule has 3 heterocycles. The van der Waals surface area contributed by atoms with E-state index in [2.05, 4.69) is 30.6 Å². The van der Waals surface area contributed by atoms with Crippen molar-refractivity contribution in [2.24, 2.45) is 0 Å². The Labute approximate surface area is 212 Å². The number of fused-ring (bicyclic) bond motifs is 1. The highest BCUT2D eigenvalue weighted by atomic mass is 19.1. The second-order valence-corrected chi connectivity index (χ2v) is 8.85. The Morgan fingerprint density at radius 1 is 1.03 bits per heavy atom. The molecule has 0 aliphatic carbocycles. The molecule has 186 valence electrons. The van der Waals surface area contributed by atoms with E-state index in [-0.39, 0.29) is 23.5 Å². The lowest BCUT2D eigenvalue weighted by Gasteiger charge is -2.17. The summed E-state index contributed by atoms with van der Waals surface area (Å²) in [5.41, 5.74) is 5.36. The molecular weight excluding hydrogens is 471 g/mol. The van der Waals surface area contributed by atoms with Crippen LogP contribution in [-0.2, 0) is 6.54 Å². The number of anilines is 1. The van der Waals surface area contributed by atoms with Gasteiger partial charge in [0.2, 0.25) is 0 Å². The average molecular weight is 497 g/mol. The highest BCUT2D eigenvalue weighted by Crippen LogP contribution is 2.22. The summed E-state index contributed by atoms with van der Waals surface area (Å²) in [5, 5.41) is 6.16. The van der Waals surface area contributed by atoms with Crippen LogP contribution in [0.25, 0.3) is 22.3 Å². The molecule has 8 nitrogen and oxygen atoms in total. The van der Waals surface area contributed by atoms with Crippen molar-refractivity contribution in [2.75, 3.05) is 5.32 Å². The van der Waals surface area contributed by atoms with E-state index >= 15 is 0 Å². The Morgan fingerprint density at radius 3 is 2.62 bits per heavy atom. The predicted molar refractivity (Wildman–Crippen MR) is 141 cm³/mol. The normalized spacial score (nSPS) is 11.9. The third kappa shape index (κ3) is 5.25. The zero-order chi connectivity index (χ0) is 25.9. The molecule has 5 rings (SSSR count). The summed E-state index contributed by atoms with van der Waals surface area (Å²) in [6, 6.07) is 17.7. The summed E-state index contributed by atoms with van der Waals surface area (Å²) in [6.45, 7) is 3.97. The molecule has 9 heteroatoms. The molecule has 0 saturated carbocycles. The third-order valence-electron chi connectivity index (χ3n) is 6.21. The van der Waals surface area contributed by atoms with Crippen LogP contribution in [0.4, 0.5) is 10.2 Å². The van der Waals surface area contributed by atoms with Crippen LogP contribution >= 0.6 is 0 Å². The van der Waals surface area contributed by atoms with Crippen molar-refractivity contribution < 1.29 is 9.18 Å². The number of carbonyl (C=O) groups excluding carboxylic acids is 1. The fraction of sp³-hybridized carbons (Fsp3) is 0.143. The minimum absolute atomic E-state index is 0.290. The van der Waals surface area contributed by atoms with Gasteiger partial charge in [0.15, 0.2) is 5.65 Å². The molecular formula is C28H25FN6O2. The van der Waals surface area contributed by atoms with Gasteiger partial charge in [-0.25, -0.2) is 19.2 Å². The molecule has 1 amide bonds. The highest BCUT2D eigenvalue weighted by Gasteiger charge is 2.16. The van der Waals surface area contributed by atoms with E-state index in [9.17, 15) is 14.0 Å². The van der Waals surface area contributed by atoms with Gasteiger partial charge in [-0.05, 0) is 60.4 Å². The minimum atomic E-state index is -0.374. The Morgan fingerprint density at radius 2 is 1.84 bits per heavy atom. The number of aromatic nitrogens is 4. The van der Waals surface area contributed by atoms with Gasteiger partial charge in [-0.15, -0.1) is 0 Å². The number of amides is 1. The molecule has 0 bridgehead atoms. The third-order valence-corrected chi connectivity index (χ3v) is 6.21. The number of nitrogens with zero attached hydrogens (tertiary/aromatic N) is 2. The average Bonchev–Trinajstić information content (AvgIpc) is 3.28. The Kier molecular flexibility index (Phi) is 6.51. The summed E-state index contributed by atoms with van der Waals surface area (Å²) >= 11 is 0. The van der Waals surface area contributed by atoms with Gasteiger partial charge in [-0.2, -0.15) is 0 Å². The number of hydrogen-bond donors (Lipinski definition) is 4. The molecule has 2 aromatic carbocycles. The van der Waals surface area contributed by atoms with E-state index in [0.717, 1.165) is 16.7 Å². The Bertz CT molecular complexity index is 1640. The number of imidazole rings is 1. The molecule has 0 aliphatic rings. The first kappa shape index (κ1) is 23.9. The van der Waals surface area contributed by atoms with Crippen LogP contribution in [0.1, 0.15) is 40.0 Å². The maximum atomic E-state index is 14.0. The predicted octanol–water partition coefficient (Wildman–Crippen LogP) is 4.86. The first-order chi connectivity index (χ1) is 17.9. The van der Waals surface area contributed by atoms with Gasteiger partial charge in [0.05, 0.1) is 17.1 Å². The number of carbonyl (C=O) groups is 1. The van der Waals surface area contributed by atoms with E-state index in [1.807, 2.05) is 37.3 Å². The van der Waals surface area contributed by atoms with Gasteiger partial charge in [-0.3, -0.25) is 9.78 Å². The summed E-state index contributed by atoms with van der Waals surface area (Å²) in [7, 11) is 0. The van der Waals surface area contributed by atoms with Crippen LogP contribution in [0, 0.1) is 12.7 Å². The van der Waals surface area contributed by atoms with Crippen molar-refractivity contribution in [3.8, 4) is 11.1 Å². The second kappa shape index (κ2) is 10.1. The van der Waals surface area contributed by atoms with Crippen molar-refractivity contribution >= 4 is 22.9 Å². The first-order valence-electron chi connectivity index (χ1n) is 11.8. The zero-order valence-corrected chi connectivity index (χ0v) is 20.3. The molecule has 0 spiro atoms. The lowest BCUT2D eigenvalue weighted by Crippen LogP contribution is -2.27. The van der Waals surface area contributed by atoms with Gasteiger partial charge < -0.3 is 15.6 Å². The summed E-state index contributed by atoms with van der Waals surface area (Å²) in [5.74, 6) is -0.146. The van der Waals surface area contributed by atoms with Crippen LogP contribution in [-0.4, -0.2) is 25.8 Å². The molecule has 37 heavy (non-hydrogen) atoms. The zero-order valence-electron chi connectivity index (χ0n) is 20.3. The molecule has 5 aromatic rings. The summed E-state index contributed by atoms with van der Waals surface area (Å²) < 4.78 is 14.0. The van der Waals surface area contributed by atoms with Crippen LogP contribution in [0.3, 0.4) is 0 Å². The molecule has 3 aromatic heterocycles. The quantitative estimate of drug-likeness (QED) is 0.257. The van der Waals surface area contributed by atoms with E-state index in [4.69, 9.17) is 0 Å². The van der Waals surface area contributed by atoms with E-state index in [1.54, 1.807) is 43.6 Å². The molecule has 0 unspecified atom stereocenters. The van der Waals surface area contributed by atoms with Crippen LogP contribution in [0.15, 0.2) is 77.9 Å². The number of H-pyrrole nitrogens is 2. The van der Waals surface area contributed by atoms with Crippen molar-refractivity contribution in [1.29, 1.82) is 0 Å². The highest BCUT2D eigenvalue weighted by molar-refractivity contribution is 5.98. The number of rotatable bonds is 7. The van der Waals surface area contributed by atoms with Crippen LogP contribution in [0.5, 0.6) is 0 Å². The minimum Gasteiger partial charge on any atom is -0.365 e. The van der Waals surface area contributed by atoms with Crippen molar-refractivity contribution in [3.05, 3.63) is 112 Å². The standard InChI is InChI=1S/C28H25FN6O2/c1-16-5-8-20(12-23(16)29)17(2)33-27(36)22-4-3-11-30-25(22)31-14-18-6-9-19(10-7-18)21-13-24-26(32-15-21)35-28(37)34-24/h3-13,15,17H,14H2,1-2H3,(H,30,31)(H,33,36)(H2,32,34,35,37)/t17-/m0/s1. The van der Waals surface area contributed by atoms with Crippen molar-refractivity contribution in [3.63, 3.8) is 0 Å². The molecule has 0 saturated heterocycles. The van der Waals surface area contributed by atoms with E-state index < -0.39 is 0 Å². The summed E-state index contributed by atoms with van der Waals surface area (Å²) in [4.78, 5) is 38.5. The maximum absolute atomic E-state index is 14.0. The van der Waals surface area contributed by atoms with Crippen molar-refractivity contribution in [1.82, 2.24) is 25.3 Å². The van der Waals surface area contributed by atoms with Crippen molar-refractivity contribution in [2.45, 2.75) is 26.4 Å². The molecule has 0 radical (unpaired) electrons. The lowest BCUT2D eigenvalue weighted by molar-refractivity contribution is 0.0940. The second-order valence-electron chi connectivity index (χ2n) is 8.85. The SMILES string of the molecule is Cc1ccc([C@H](C)NC(=O)c2cccnc2NCc2ccc(-c3cnc4[nH]c(=O)[nH]c4c3)cc2)cc1F. The molecule has 4 N–H and O–H groups in total. The number of hydrogen-bond acceptors (Lipinski definition) is 5. The molecule has 0 fully saturated rings. The fourth-order valence-electron chi connectivity index (χ4n) is 4.05. The summed E-state index contributed by atoms with van der Waals surface area (Å²) in [6.07, 6.45) is 3.33. The molecule has 0 aliphatic heterocycles. The number of aryl methyl sites for hydroxylation is 1. The lowest BCUT2D eigenvalue weighted by atomic mass is 10.1. The van der Waals surface area contributed by atoms with Crippen LogP contribution in [0.2, 0.25) is 0 Å². The Balaban J connectivity index is 1.26. The Hall–Kier alpha value is -4.79. The topological polar surface area (TPSA) is 116 Å². The maximum Gasteiger partial charge on any atom is 0.325 e. The van der Waals surface area contributed by atoms with Crippen LogP contribution < -0.4 is 16.3 Å². The van der Waals surface area contributed by atoms with E-state index in [1.165, 1.54) is 6.07 Å². The van der Waals surface area contributed by atoms with Gasteiger partial charge in [0, 0.05) is 24.5 Å². The van der Waals surface area contributed by atoms with Gasteiger partial charge in [-0.1, -0.05) is 36.4 Å². The molecule has 1 atom stereocenters. The first-order valence-corrected chi connectivity index (χ1v) is 11.8. The number of pyridine rings is 2. The number of halogens is 1. The number of nitrogens with one attached hydrogen (secondary N) is 4. The smallest absolute Gasteiger partial charge is 0.325 e. The number of aromatic amines is 2. The van der Waals surface area contributed by atoms with Gasteiger partial charge >= 0.3 is 5.69 Å². The largest absolute Gasteiger partial charge is 0.365 e. The van der Waals surface area contributed by atoms with Gasteiger partial charge in [0.25, 0.3) is 5.91 Å².